The minimum Gasteiger partial charge on any atom is -0.306 e. The zero-order valence-corrected chi connectivity index (χ0v) is 9.77. The van der Waals surface area contributed by atoms with Crippen LogP contribution in [0.25, 0.3) is 0 Å². The van der Waals surface area contributed by atoms with Gasteiger partial charge in [-0.25, -0.2) is 4.21 Å². The number of benzene rings is 1. The minimum absolute atomic E-state index is 0.0629. The van der Waals surface area contributed by atoms with Gasteiger partial charge in [-0.2, -0.15) is 0 Å². The van der Waals surface area contributed by atoms with Gasteiger partial charge in [-0.05, 0) is 18.6 Å². The zero-order chi connectivity index (χ0) is 12.4. The van der Waals surface area contributed by atoms with E-state index in [2.05, 4.69) is 0 Å². The number of carbonyl (C=O) groups excluding carboxylic acids is 2. The van der Waals surface area contributed by atoms with E-state index in [0.717, 1.165) is 4.90 Å². The van der Waals surface area contributed by atoms with Crippen molar-refractivity contribution in [2.45, 2.75) is 6.42 Å². The molecule has 5 nitrogen and oxygen atoms in total. The molecular formula is C11H11NO4S. The molecule has 1 unspecified atom stereocenters. The SMILES string of the molecule is O=C1c2ccccc2C(=O)N1CCCS(=O)O. The predicted octanol–water partition coefficient (Wildman–Crippen LogP) is 0.894. The molecule has 2 amide bonds. The van der Waals surface area contributed by atoms with Crippen LogP contribution in [0.5, 0.6) is 0 Å². The third-order valence-corrected chi connectivity index (χ3v) is 3.22. The number of fused-ring (bicyclic) bond motifs is 1. The van der Waals surface area contributed by atoms with E-state index in [1.54, 1.807) is 24.3 Å². The van der Waals surface area contributed by atoms with Crippen molar-refractivity contribution in [2.24, 2.45) is 0 Å². The first kappa shape index (κ1) is 11.9. The summed E-state index contributed by atoms with van der Waals surface area (Å²) in [7, 11) is 0. The molecule has 1 aromatic rings. The lowest BCUT2D eigenvalue weighted by molar-refractivity contribution is 0.0654. The Kier molecular flexibility index (Phi) is 3.35. The molecular weight excluding hydrogens is 242 g/mol. The van der Waals surface area contributed by atoms with Gasteiger partial charge in [0.05, 0.1) is 16.9 Å². The molecule has 17 heavy (non-hydrogen) atoms. The smallest absolute Gasteiger partial charge is 0.261 e. The van der Waals surface area contributed by atoms with Gasteiger partial charge in [-0.15, -0.1) is 0 Å². The third kappa shape index (κ3) is 2.27. The summed E-state index contributed by atoms with van der Waals surface area (Å²) in [4.78, 5) is 24.8. The van der Waals surface area contributed by atoms with Crippen LogP contribution in [0.4, 0.5) is 0 Å². The van der Waals surface area contributed by atoms with Gasteiger partial charge in [-0.1, -0.05) is 12.1 Å². The average molecular weight is 253 g/mol. The second kappa shape index (κ2) is 4.77. The average Bonchev–Trinajstić information content (AvgIpc) is 2.54. The van der Waals surface area contributed by atoms with Crippen LogP contribution in [0.2, 0.25) is 0 Å². The number of imide groups is 1. The Morgan fingerprint density at radius 1 is 1.12 bits per heavy atom. The number of nitrogens with zero attached hydrogens (tertiary/aromatic N) is 1. The monoisotopic (exact) mass is 253 g/mol. The fourth-order valence-corrected chi connectivity index (χ4v) is 2.16. The summed E-state index contributed by atoms with van der Waals surface area (Å²) in [6.07, 6.45) is 0.328. The second-order valence-electron chi connectivity index (χ2n) is 3.69. The molecule has 1 N–H and O–H groups in total. The molecule has 90 valence electrons. The zero-order valence-electron chi connectivity index (χ0n) is 8.96. The Hall–Kier alpha value is -1.53. The Morgan fingerprint density at radius 3 is 2.12 bits per heavy atom. The summed E-state index contributed by atoms with van der Waals surface area (Å²) < 4.78 is 19.1. The number of hydrogen-bond acceptors (Lipinski definition) is 3. The van der Waals surface area contributed by atoms with Gasteiger partial charge < -0.3 is 4.55 Å². The normalized spacial score (nSPS) is 16.2. The maximum atomic E-state index is 11.8. The summed E-state index contributed by atoms with van der Waals surface area (Å²) in [5.74, 6) is -0.587. The van der Waals surface area contributed by atoms with Crippen molar-refractivity contribution in [2.75, 3.05) is 12.3 Å². The summed E-state index contributed by atoms with van der Waals surface area (Å²) in [5.41, 5.74) is 0.810. The molecule has 0 aromatic heterocycles. The molecule has 0 fully saturated rings. The predicted molar refractivity (Wildman–Crippen MR) is 62.1 cm³/mol. The Morgan fingerprint density at radius 2 is 1.65 bits per heavy atom. The molecule has 1 aromatic carbocycles. The van der Waals surface area contributed by atoms with Crippen LogP contribution < -0.4 is 0 Å². The third-order valence-electron chi connectivity index (χ3n) is 2.58. The lowest BCUT2D eigenvalue weighted by atomic mass is 10.1. The molecule has 0 aliphatic carbocycles. The highest BCUT2D eigenvalue weighted by molar-refractivity contribution is 7.79. The van der Waals surface area contributed by atoms with E-state index in [9.17, 15) is 13.8 Å². The first-order chi connectivity index (χ1) is 8.11. The van der Waals surface area contributed by atoms with E-state index in [-0.39, 0.29) is 24.1 Å². The first-order valence-corrected chi connectivity index (χ1v) is 6.41. The van der Waals surface area contributed by atoms with Crippen molar-refractivity contribution in [3.8, 4) is 0 Å². The van der Waals surface area contributed by atoms with Crippen LogP contribution in [0.1, 0.15) is 27.1 Å². The minimum atomic E-state index is -1.89. The molecule has 2 rings (SSSR count). The van der Waals surface area contributed by atoms with Crippen LogP contribution >= 0.6 is 0 Å². The molecule has 1 heterocycles. The summed E-state index contributed by atoms with van der Waals surface area (Å²) in [5, 5.41) is 0. The van der Waals surface area contributed by atoms with Crippen molar-refractivity contribution < 1.29 is 18.4 Å². The van der Waals surface area contributed by atoms with Crippen LogP contribution in [-0.4, -0.2) is 37.8 Å². The van der Waals surface area contributed by atoms with Crippen molar-refractivity contribution in [1.29, 1.82) is 0 Å². The lowest BCUT2D eigenvalue weighted by Crippen LogP contribution is -2.31. The van der Waals surface area contributed by atoms with E-state index < -0.39 is 11.1 Å². The van der Waals surface area contributed by atoms with Crippen LogP contribution in [0.3, 0.4) is 0 Å². The van der Waals surface area contributed by atoms with Crippen molar-refractivity contribution in [3.05, 3.63) is 35.4 Å². The molecule has 1 aliphatic heterocycles. The lowest BCUT2D eigenvalue weighted by Gasteiger charge is -2.12. The van der Waals surface area contributed by atoms with E-state index >= 15 is 0 Å². The fourth-order valence-electron chi connectivity index (χ4n) is 1.79. The van der Waals surface area contributed by atoms with E-state index in [1.165, 1.54) is 0 Å². The van der Waals surface area contributed by atoms with Crippen molar-refractivity contribution >= 4 is 22.9 Å². The van der Waals surface area contributed by atoms with Gasteiger partial charge in [0.2, 0.25) is 0 Å². The van der Waals surface area contributed by atoms with Crippen molar-refractivity contribution in [3.63, 3.8) is 0 Å². The molecule has 6 heteroatoms. The van der Waals surface area contributed by atoms with Crippen molar-refractivity contribution in [1.82, 2.24) is 4.90 Å². The maximum Gasteiger partial charge on any atom is 0.261 e. The van der Waals surface area contributed by atoms with Gasteiger partial charge in [0.25, 0.3) is 11.8 Å². The quantitative estimate of drug-likeness (QED) is 0.639. The first-order valence-electron chi connectivity index (χ1n) is 5.14. The molecule has 0 spiro atoms. The van der Waals surface area contributed by atoms with Crippen LogP contribution in [-0.2, 0) is 11.1 Å². The largest absolute Gasteiger partial charge is 0.306 e. The topological polar surface area (TPSA) is 74.7 Å². The second-order valence-corrected chi connectivity index (χ2v) is 4.74. The maximum absolute atomic E-state index is 11.8. The van der Waals surface area contributed by atoms with Crippen LogP contribution in [0.15, 0.2) is 24.3 Å². The van der Waals surface area contributed by atoms with Gasteiger partial charge in [0.1, 0.15) is 0 Å². The molecule has 0 saturated carbocycles. The van der Waals surface area contributed by atoms with E-state index in [4.69, 9.17) is 4.55 Å². The van der Waals surface area contributed by atoms with E-state index in [1.807, 2.05) is 0 Å². The highest BCUT2D eigenvalue weighted by atomic mass is 32.2. The van der Waals surface area contributed by atoms with Gasteiger partial charge in [0.15, 0.2) is 11.1 Å². The number of carbonyl (C=O) groups is 2. The van der Waals surface area contributed by atoms with Gasteiger partial charge in [0, 0.05) is 6.54 Å². The fraction of sp³-hybridized carbons (Fsp3) is 0.273. The van der Waals surface area contributed by atoms with E-state index in [0.29, 0.717) is 17.5 Å². The summed E-state index contributed by atoms with van der Waals surface area (Å²) >= 11 is -1.89. The summed E-state index contributed by atoms with van der Waals surface area (Å²) in [6.45, 7) is 0.179. The molecule has 0 bridgehead atoms. The molecule has 0 saturated heterocycles. The highest BCUT2D eigenvalue weighted by Crippen LogP contribution is 2.22. The number of rotatable bonds is 4. The number of amides is 2. The molecule has 1 atom stereocenters. The van der Waals surface area contributed by atoms with Gasteiger partial charge >= 0.3 is 0 Å². The van der Waals surface area contributed by atoms with Gasteiger partial charge in [-0.3, -0.25) is 14.5 Å². The Balaban J connectivity index is 2.11. The summed E-state index contributed by atoms with van der Waals surface area (Å²) in [6, 6.07) is 6.63. The standard InChI is InChI=1S/C11H11NO4S/c13-10-8-4-1-2-5-9(8)11(14)12(10)6-3-7-17(15)16/h1-2,4-5H,3,6-7H2,(H,15,16). The molecule has 1 aliphatic rings. The Bertz CT molecular complexity index is 465. The molecule has 0 radical (unpaired) electrons. The number of hydrogen-bond donors (Lipinski definition) is 1. The Labute approximate surface area is 101 Å². The highest BCUT2D eigenvalue weighted by Gasteiger charge is 2.34. The van der Waals surface area contributed by atoms with Crippen LogP contribution in [0, 0.1) is 0 Å².